The Bertz CT molecular complexity index is 658. The van der Waals surface area contributed by atoms with Gasteiger partial charge >= 0.3 is 6.18 Å². The van der Waals surface area contributed by atoms with Crippen molar-refractivity contribution in [3.8, 4) is 0 Å². The van der Waals surface area contributed by atoms with E-state index < -0.39 is 17.6 Å². The summed E-state index contributed by atoms with van der Waals surface area (Å²) in [6.07, 6.45) is -4.51. The van der Waals surface area contributed by atoms with Crippen molar-refractivity contribution in [2.24, 2.45) is 0 Å². The molecule has 0 aliphatic rings. The Balaban J connectivity index is 2.39. The van der Waals surface area contributed by atoms with Crippen molar-refractivity contribution in [1.82, 2.24) is 4.98 Å². The lowest BCUT2D eigenvalue weighted by atomic mass is 10.2. The van der Waals surface area contributed by atoms with E-state index in [1.54, 1.807) is 6.07 Å². The van der Waals surface area contributed by atoms with Crippen molar-refractivity contribution in [2.45, 2.75) is 6.18 Å². The molecule has 0 fully saturated rings. The summed E-state index contributed by atoms with van der Waals surface area (Å²) in [4.78, 5) is 3.92. The van der Waals surface area contributed by atoms with Gasteiger partial charge in [-0.2, -0.15) is 13.2 Å². The number of nitrogens with zero attached hydrogens (tertiary/aromatic N) is 1. The number of halogens is 5. The summed E-state index contributed by atoms with van der Waals surface area (Å²) >= 11 is 3.10. The number of hydrogen-bond donors (Lipinski definition) is 2. The van der Waals surface area contributed by atoms with Crippen molar-refractivity contribution in [1.29, 1.82) is 0 Å². The molecule has 0 unspecified atom stereocenters. The van der Waals surface area contributed by atoms with Gasteiger partial charge in [0.05, 0.1) is 11.3 Å². The highest BCUT2D eigenvalue weighted by Crippen LogP contribution is 2.33. The summed E-state index contributed by atoms with van der Waals surface area (Å²) in [5, 5.41) is 5.08. The first-order valence-corrected chi connectivity index (χ1v) is 6.58. The van der Waals surface area contributed by atoms with Gasteiger partial charge in [-0.1, -0.05) is 15.9 Å². The third-order valence-electron chi connectivity index (χ3n) is 2.60. The number of anilines is 3. The molecule has 0 saturated heterocycles. The topological polar surface area (TPSA) is 37.0 Å². The van der Waals surface area contributed by atoms with Crippen LogP contribution in [0.5, 0.6) is 0 Å². The number of aromatic nitrogens is 1. The standard InChI is InChI=1S/C13H10BrF4N3/c1-19-11-4-7(13(16,17)18)5-12(21-11)20-10-3-2-8(14)6-9(10)15/h2-6H,1H3,(H2,19,20,21). The summed E-state index contributed by atoms with van der Waals surface area (Å²) in [5.41, 5.74) is -0.839. The first-order valence-electron chi connectivity index (χ1n) is 5.78. The maximum atomic E-state index is 13.7. The van der Waals surface area contributed by atoms with Gasteiger partial charge in [0, 0.05) is 11.5 Å². The minimum absolute atomic E-state index is 0.0323. The predicted molar refractivity (Wildman–Crippen MR) is 76.2 cm³/mol. The number of benzene rings is 1. The fraction of sp³-hybridized carbons (Fsp3) is 0.154. The Hall–Kier alpha value is -1.83. The van der Waals surface area contributed by atoms with Crippen molar-refractivity contribution >= 4 is 33.3 Å². The summed E-state index contributed by atoms with van der Waals surface area (Å²) in [6, 6.07) is 5.87. The van der Waals surface area contributed by atoms with Crippen molar-refractivity contribution in [2.75, 3.05) is 17.7 Å². The Morgan fingerprint density at radius 2 is 1.76 bits per heavy atom. The molecule has 8 heteroatoms. The fourth-order valence-corrected chi connectivity index (χ4v) is 1.95. The molecule has 2 aromatic rings. The van der Waals surface area contributed by atoms with Gasteiger partial charge in [-0.15, -0.1) is 0 Å². The maximum absolute atomic E-state index is 13.7. The van der Waals surface area contributed by atoms with Crippen LogP contribution >= 0.6 is 15.9 Å². The molecule has 112 valence electrons. The Labute approximate surface area is 126 Å². The molecule has 1 heterocycles. The zero-order valence-corrected chi connectivity index (χ0v) is 12.3. The molecule has 2 rings (SSSR count). The lowest BCUT2D eigenvalue weighted by molar-refractivity contribution is -0.137. The second kappa shape index (κ2) is 5.88. The Morgan fingerprint density at radius 3 is 2.33 bits per heavy atom. The van der Waals surface area contributed by atoms with Gasteiger partial charge in [0.2, 0.25) is 0 Å². The lowest BCUT2D eigenvalue weighted by Gasteiger charge is -2.13. The van der Waals surface area contributed by atoms with E-state index in [9.17, 15) is 17.6 Å². The van der Waals surface area contributed by atoms with E-state index in [-0.39, 0.29) is 17.3 Å². The highest BCUT2D eigenvalue weighted by atomic mass is 79.9. The van der Waals surface area contributed by atoms with Crippen LogP contribution in [0.3, 0.4) is 0 Å². The molecule has 0 amide bonds. The largest absolute Gasteiger partial charge is 0.416 e. The number of pyridine rings is 1. The third kappa shape index (κ3) is 3.84. The van der Waals surface area contributed by atoms with Gasteiger partial charge in [-0.05, 0) is 30.3 Å². The van der Waals surface area contributed by atoms with E-state index in [0.717, 1.165) is 12.1 Å². The van der Waals surface area contributed by atoms with E-state index in [1.807, 2.05) is 0 Å². The van der Waals surface area contributed by atoms with Crippen LogP contribution < -0.4 is 10.6 Å². The lowest BCUT2D eigenvalue weighted by Crippen LogP contribution is -2.08. The molecule has 0 bridgehead atoms. The van der Waals surface area contributed by atoms with Gasteiger partial charge in [-0.25, -0.2) is 9.37 Å². The van der Waals surface area contributed by atoms with Gasteiger partial charge in [-0.3, -0.25) is 0 Å². The molecule has 0 radical (unpaired) electrons. The molecule has 3 nitrogen and oxygen atoms in total. The average Bonchev–Trinajstić information content (AvgIpc) is 2.40. The third-order valence-corrected chi connectivity index (χ3v) is 3.10. The number of alkyl halides is 3. The molecule has 21 heavy (non-hydrogen) atoms. The second-order valence-corrected chi connectivity index (χ2v) is 5.04. The summed E-state index contributed by atoms with van der Waals surface area (Å²) in [7, 11) is 1.45. The molecular formula is C13H10BrF4N3. The quantitative estimate of drug-likeness (QED) is 0.770. The van der Waals surface area contributed by atoms with Gasteiger partial charge < -0.3 is 10.6 Å². The zero-order chi connectivity index (χ0) is 15.6. The summed E-state index contributed by atoms with van der Waals surface area (Å²) < 4.78 is 52.6. The number of rotatable bonds is 3. The minimum Gasteiger partial charge on any atom is -0.373 e. The monoisotopic (exact) mass is 363 g/mol. The molecule has 1 aromatic heterocycles. The van der Waals surface area contributed by atoms with Gasteiger partial charge in [0.15, 0.2) is 0 Å². The van der Waals surface area contributed by atoms with Crippen LogP contribution in [0.2, 0.25) is 0 Å². The summed E-state index contributed by atoms with van der Waals surface area (Å²) in [5.74, 6) is -0.671. The molecule has 0 atom stereocenters. The van der Waals surface area contributed by atoms with Crippen LogP contribution in [-0.4, -0.2) is 12.0 Å². The van der Waals surface area contributed by atoms with Crippen LogP contribution in [0.15, 0.2) is 34.8 Å². The smallest absolute Gasteiger partial charge is 0.373 e. The minimum atomic E-state index is -4.51. The normalized spacial score (nSPS) is 11.3. The zero-order valence-electron chi connectivity index (χ0n) is 10.7. The van der Waals surface area contributed by atoms with Crippen molar-refractivity contribution in [3.05, 3.63) is 46.2 Å². The van der Waals surface area contributed by atoms with Crippen LogP contribution in [0.1, 0.15) is 5.56 Å². The van der Waals surface area contributed by atoms with E-state index in [1.165, 1.54) is 19.2 Å². The Kier molecular flexibility index (Phi) is 4.36. The van der Waals surface area contributed by atoms with Crippen LogP contribution in [0.25, 0.3) is 0 Å². The second-order valence-electron chi connectivity index (χ2n) is 4.12. The molecule has 0 aliphatic carbocycles. The van der Waals surface area contributed by atoms with Crippen LogP contribution in [-0.2, 0) is 6.18 Å². The fourth-order valence-electron chi connectivity index (χ4n) is 1.62. The van der Waals surface area contributed by atoms with Crippen LogP contribution in [0.4, 0.5) is 34.9 Å². The molecule has 0 saturated carbocycles. The Morgan fingerprint density at radius 1 is 1.10 bits per heavy atom. The number of hydrogen-bond acceptors (Lipinski definition) is 3. The molecular weight excluding hydrogens is 354 g/mol. The van der Waals surface area contributed by atoms with E-state index in [4.69, 9.17) is 0 Å². The first kappa shape index (κ1) is 15.6. The van der Waals surface area contributed by atoms with Crippen LogP contribution in [0, 0.1) is 5.82 Å². The van der Waals surface area contributed by atoms with E-state index in [2.05, 4.69) is 31.5 Å². The number of nitrogens with one attached hydrogen (secondary N) is 2. The SMILES string of the molecule is CNc1cc(C(F)(F)F)cc(Nc2ccc(Br)cc2F)n1. The summed E-state index contributed by atoms with van der Waals surface area (Å²) in [6.45, 7) is 0. The van der Waals surface area contributed by atoms with Gasteiger partial charge in [0.25, 0.3) is 0 Å². The molecule has 0 spiro atoms. The molecule has 2 N–H and O–H groups in total. The van der Waals surface area contributed by atoms with E-state index >= 15 is 0 Å². The van der Waals surface area contributed by atoms with E-state index in [0.29, 0.717) is 4.47 Å². The van der Waals surface area contributed by atoms with Gasteiger partial charge in [0.1, 0.15) is 17.5 Å². The average molecular weight is 364 g/mol. The predicted octanol–water partition coefficient (Wildman–Crippen LogP) is 4.79. The highest BCUT2D eigenvalue weighted by molar-refractivity contribution is 9.10. The molecule has 1 aromatic carbocycles. The highest BCUT2D eigenvalue weighted by Gasteiger charge is 2.31. The molecule has 0 aliphatic heterocycles. The maximum Gasteiger partial charge on any atom is 0.416 e. The van der Waals surface area contributed by atoms with Crippen molar-refractivity contribution in [3.63, 3.8) is 0 Å². The first-order chi connectivity index (χ1) is 9.79. The van der Waals surface area contributed by atoms with Crippen molar-refractivity contribution < 1.29 is 17.6 Å².